The van der Waals surface area contributed by atoms with E-state index in [1.54, 1.807) is 0 Å². The molecule has 5 heterocycles. The summed E-state index contributed by atoms with van der Waals surface area (Å²) < 4.78 is 52.3. The van der Waals surface area contributed by atoms with Crippen LogP contribution in [0.1, 0.15) is 20.8 Å². The van der Waals surface area contributed by atoms with E-state index in [1.807, 2.05) is 0 Å². The van der Waals surface area contributed by atoms with Gasteiger partial charge in [-0.3, -0.25) is 9.59 Å². The summed E-state index contributed by atoms with van der Waals surface area (Å²) >= 11 is 0. The average molecular weight is 895 g/mol. The number of rotatable bonds is 14. The van der Waals surface area contributed by atoms with Gasteiger partial charge in [-0.25, -0.2) is 0 Å². The second-order valence-electron chi connectivity index (χ2n) is 15.4. The van der Waals surface area contributed by atoms with Crippen LogP contribution in [0.25, 0.3) is 0 Å². The molecule has 0 aliphatic carbocycles. The molecule has 0 bridgehead atoms. The van der Waals surface area contributed by atoms with Crippen LogP contribution in [-0.4, -0.2) is 263 Å². The molecule has 27 heteroatoms. The van der Waals surface area contributed by atoms with E-state index >= 15 is 0 Å². The van der Waals surface area contributed by atoms with Crippen molar-refractivity contribution < 1.29 is 124 Å². The van der Waals surface area contributed by atoms with Crippen molar-refractivity contribution in [2.45, 2.75) is 174 Å². The summed E-state index contributed by atoms with van der Waals surface area (Å²) in [5.74, 6) is -1.55. The Labute approximate surface area is 346 Å². The van der Waals surface area contributed by atoms with E-state index in [9.17, 15) is 81.1 Å². The Morgan fingerprint density at radius 2 is 0.852 bits per heavy atom. The van der Waals surface area contributed by atoms with E-state index in [2.05, 4.69) is 10.6 Å². The zero-order chi connectivity index (χ0) is 45.2. The monoisotopic (exact) mass is 894 g/mol. The van der Waals surface area contributed by atoms with Gasteiger partial charge in [0.1, 0.15) is 116 Å². The number of hydrogen-bond donors (Lipinski definition) is 16. The van der Waals surface area contributed by atoms with Gasteiger partial charge in [-0.15, -0.1) is 0 Å². The van der Waals surface area contributed by atoms with E-state index in [1.165, 1.54) is 6.92 Å². The van der Waals surface area contributed by atoms with E-state index in [0.29, 0.717) is 0 Å². The summed E-state index contributed by atoms with van der Waals surface area (Å²) in [4.78, 5) is 24.6. The number of hydrogen-bond acceptors (Lipinski definition) is 25. The number of aliphatic hydroxyl groups excluding tert-OH is 14. The summed E-state index contributed by atoms with van der Waals surface area (Å²) in [6.07, 6.45) is -42.1. The third-order valence-corrected chi connectivity index (χ3v) is 11.1. The van der Waals surface area contributed by atoms with Gasteiger partial charge in [0.15, 0.2) is 31.5 Å². The Morgan fingerprint density at radius 1 is 0.426 bits per heavy atom. The number of nitrogens with one attached hydrogen (secondary N) is 2. The van der Waals surface area contributed by atoms with Crippen molar-refractivity contribution in [3.63, 3.8) is 0 Å². The minimum atomic E-state index is -2.03. The lowest BCUT2D eigenvalue weighted by molar-refractivity contribution is -0.401. The molecule has 0 radical (unpaired) electrons. The van der Waals surface area contributed by atoms with E-state index in [-0.39, 0.29) is 0 Å². The minimum absolute atomic E-state index is 0.723. The van der Waals surface area contributed by atoms with E-state index < -0.39 is 192 Å². The molecule has 5 aliphatic rings. The highest BCUT2D eigenvalue weighted by Gasteiger charge is 2.58. The van der Waals surface area contributed by atoms with Crippen LogP contribution in [0.4, 0.5) is 0 Å². The molecule has 16 N–H and O–H groups in total. The van der Waals surface area contributed by atoms with Crippen molar-refractivity contribution in [2.75, 3.05) is 26.4 Å². The highest BCUT2D eigenvalue weighted by atomic mass is 16.8. The smallest absolute Gasteiger partial charge is 0.217 e. The molecule has 354 valence electrons. The molecule has 0 saturated carbocycles. The lowest BCUT2D eigenvalue weighted by atomic mass is 9.93. The molecule has 2 amide bonds. The fourth-order valence-corrected chi connectivity index (χ4v) is 7.75. The zero-order valence-electron chi connectivity index (χ0n) is 33.0. The van der Waals surface area contributed by atoms with Gasteiger partial charge in [0, 0.05) is 13.8 Å². The van der Waals surface area contributed by atoms with Gasteiger partial charge < -0.3 is 125 Å². The van der Waals surface area contributed by atoms with Gasteiger partial charge in [-0.1, -0.05) is 0 Å². The molecule has 5 aliphatic heterocycles. The third-order valence-electron chi connectivity index (χ3n) is 11.1. The average Bonchev–Trinajstić information content (AvgIpc) is 3.22. The normalized spacial score (nSPS) is 49.6. The van der Waals surface area contributed by atoms with Crippen molar-refractivity contribution in [2.24, 2.45) is 0 Å². The molecule has 0 spiro atoms. The first kappa shape index (κ1) is 50.0. The van der Waals surface area contributed by atoms with Gasteiger partial charge in [0.2, 0.25) is 11.8 Å². The topological polar surface area (TPSA) is 424 Å². The first-order valence-electron chi connectivity index (χ1n) is 19.5. The second kappa shape index (κ2) is 21.3. The SMILES string of the molecule is CC(=O)N[C@@H]1[C@@H](O)[C@H](O[C@@H]2O[C@H](CO)[C@H](O)[C@H](O[C@H]3O[C@H](CO)[C@H](O)[C@H](O[C@@H]4O[C@H](CO)[C@H](O)[C@H](O)[C@H]4O)[C@H]3NC(C)=O)[C@H]2O[C@@H]2O[C@@H](C)[C@@H](O)[C@@H](O)[C@@H]2O)[C@@H](CO)O[C@H]1O. The summed E-state index contributed by atoms with van der Waals surface area (Å²) in [5, 5.41) is 153. The Balaban J connectivity index is 1.55. The van der Waals surface area contributed by atoms with Crippen LogP contribution >= 0.6 is 0 Å². The predicted molar refractivity (Wildman–Crippen MR) is 188 cm³/mol. The molecule has 25 atom stereocenters. The zero-order valence-corrected chi connectivity index (χ0v) is 33.0. The number of aliphatic hydroxyl groups is 14. The maximum atomic E-state index is 12.7. The second-order valence-corrected chi connectivity index (χ2v) is 15.4. The molecule has 0 aromatic heterocycles. The maximum absolute atomic E-state index is 12.7. The summed E-state index contributed by atoms with van der Waals surface area (Å²) in [7, 11) is 0. The van der Waals surface area contributed by atoms with Crippen LogP contribution in [-0.2, 0) is 52.2 Å². The highest BCUT2D eigenvalue weighted by molar-refractivity contribution is 5.73. The lowest BCUT2D eigenvalue weighted by Crippen LogP contribution is -2.71. The summed E-state index contributed by atoms with van der Waals surface area (Å²) in [5.41, 5.74) is 0. The highest BCUT2D eigenvalue weighted by Crippen LogP contribution is 2.37. The number of amides is 2. The van der Waals surface area contributed by atoms with Crippen LogP contribution in [0.2, 0.25) is 0 Å². The summed E-state index contributed by atoms with van der Waals surface area (Å²) in [6.45, 7) is -0.364. The standard InChI is InChI=1S/C34H58N2O25/c1-8-17(43)22(48)24(50)32(53-8)61-29-28(20(46)13(6-39)57-34(29)58-26-14(7-40)54-30(52)15(21(26)47)35-9(2)41)60-31-16(36-10(3)42)27(19(45)12(5-38)55-31)59-33-25(51)23(49)18(44)11(4-37)56-33/h8,11-34,37-40,43-52H,4-7H2,1-3H3,(H,35,41)(H,36,42)/t8-,11+,12+,13+,14+,15+,16+,17+,18-,19-,20-,21+,22+,23-,24-,25+,26+,27+,28-,29+,30+,31+,32-,33-,34-/m0/s1. The largest absolute Gasteiger partial charge is 0.394 e. The lowest BCUT2D eigenvalue weighted by Gasteiger charge is -2.51. The Kier molecular flexibility index (Phi) is 17.5. The van der Waals surface area contributed by atoms with Crippen LogP contribution < -0.4 is 10.6 Å². The molecule has 5 rings (SSSR count). The van der Waals surface area contributed by atoms with E-state index in [4.69, 9.17) is 42.6 Å². The molecular weight excluding hydrogens is 836 g/mol. The quantitative estimate of drug-likeness (QED) is 0.0770. The molecular formula is C34H58N2O25. The Hall–Kier alpha value is -1.98. The fourth-order valence-electron chi connectivity index (χ4n) is 7.75. The van der Waals surface area contributed by atoms with Gasteiger partial charge in [-0.2, -0.15) is 0 Å². The van der Waals surface area contributed by atoms with Crippen molar-refractivity contribution in [3.05, 3.63) is 0 Å². The van der Waals surface area contributed by atoms with Crippen molar-refractivity contribution >= 4 is 11.8 Å². The number of carbonyl (C=O) groups is 2. The van der Waals surface area contributed by atoms with E-state index in [0.717, 1.165) is 13.8 Å². The first-order chi connectivity index (χ1) is 28.8. The van der Waals surface area contributed by atoms with Crippen molar-refractivity contribution in [1.29, 1.82) is 0 Å². The van der Waals surface area contributed by atoms with Crippen LogP contribution in [0.3, 0.4) is 0 Å². The van der Waals surface area contributed by atoms with Gasteiger partial charge in [0.25, 0.3) is 0 Å². The maximum Gasteiger partial charge on any atom is 0.217 e. The fraction of sp³-hybridized carbons (Fsp3) is 0.941. The molecule has 0 aromatic rings. The van der Waals surface area contributed by atoms with Crippen LogP contribution in [0, 0.1) is 0 Å². The van der Waals surface area contributed by atoms with Crippen molar-refractivity contribution in [1.82, 2.24) is 10.6 Å². The summed E-state index contributed by atoms with van der Waals surface area (Å²) in [6, 6.07) is -3.30. The predicted octanol–water partition coefficient (Wildman–Crippen LogP) is -10.6. The van der Waals surface area contributed by atoms with Gasteiger partial charge in [0.05, 0.1) is 32.5 Å². The van der Waals surface area contributed by atoms with Gasteiger partial charge >= 0.3 is 0 Å². The number of carbonyl (C=O) groups excluding carboxylic acids is 2. The van der Waals surface area contributed by atoms with Crippen LogP contribution in [0.15, 0.2) is 0 Å². The Bertz CT molecular complexity index is 1420. The van der Waals surface area contributed by atoms with Crippen molar-refractivity contribution in [3.8, 4) is 0 Å². The molecule has 27 nitrogen and oxygen atoms in total. The Morgan fingerprint density at radius 3 is 1.41 bits per heavy atom. The molecule has 61 heavy (non-hydrogen) atoms. The minimum Gasteiger partial charge on any atom is -0.394 e. The third kappa shape index (κ3) is 10.8. The first-order valence-corrected chi connectivity index (χ1v) is 19.5. The van der Waals surface area contributed by atoms with Crippen LogP contribution in [0.5, 0.6) is 0 Å². The molecule has 5 fully saturated rings. The van der Waals surface area contributed by atoms with Gasteiger partial charge in [-0.05, 0) is 6.92 Å². The molecule has 5 saturated heterocycles. The number of ether oxygens (including phenoxy) is 9. The molecule has 0 aromatic carbocycles. The molecule has 0 unspecified atom stereocenters.